The summed E-state index contributed by atoms with van der Waals surface area (Å²) in [6.07, 6.45) is 2.03. The van der Waals surface area contributed by atoms with Crippen molar-refractivity contribution in [3.05, 3.63) is 0 Å². The van der Waals surface area contributed by atoms with E-state index in [-0.39, 0.29) is 6.03 Å². The largest absolute Gasteiger partial charge is 0.324 e. The van der Waals surface area contributed by atoms with Crippen molar-refractivity contribution in [1.29, 1.82) is 0 Å². The van der Waals surface area contributed by atoms with Gasteiger partial charge in [-0.15, -0.1) is 0 Å². The molecule has 13 heavy (non-hydrogen) atoms. The van der Waals surface area contributed by atoms with Crippen molar-refractivity contribution in [3.8, 4) is 0 Å². The van der Waals surface area contributed by atoms with Gasteiger partial charge in [-0.2, -0.15) is 0 Å². The zero-order valence-corrected chi connectivity index (χ0v) is 7.75. The van der Waals surface area contributed by atoms with Gasteiger partial charge in [0.25, 0.3) is 0 Å². The number of carbonyl (C=O) groups is 2. The van der Waals surface area contributed by atoms with Gasteiger partial charge < -0.3 is 10.6 Å². The van der Waals surface area contributed by atoms with E-state index in [1.165, 1.54) is 0 Å². The number of carbonyl (C=O) groups excluding carboxylic acids is 2. The summed E-state index contributed by atoms with van der Waals surface area (Å²) in [6.45, 7) is 3.02. The molecule has 0 bridgehead atoms. The average molecular weight is 185 g/mol. The first-order valence-electron chi connectivity index (χ1n) is 4.46. The number of hydrogen-bond donors (Lipinski definition) is 2. The van der Waals surface area contributed by atoms with Gasteiger partial charge in [0.2, 0.25) is 5.91 Å². The van der Waals surface area contributed by atoms with Crippen LogP contribution in [0.15, 0.2) is 0 Å². The third-order valence-electron chi connectivity index (χ3n) is 2.04. The number of urea groups is 1. The standard InChI is InChI=1S/C8H15N3O2/c1-6(9)7(12)10-8(13)11-4-2-3-5-11/h6H,2-5,9H2,1H3,(H,10,12,13)/t6-/m0/s1. The Bertz CT molecular complexity index is 209. The molecule has 3 N–H and O–H groups in total. The number of likely N-dealkylation sites (tertiary alicyclic amines) is 1. The lowest BCUT2D eigenvalue weighted by atomic mass is 10.3. The number of nitrogens with zero attached hydrogens (tertiary/aromatic N) is 1. The fourth-order valence-corrected chi connectivity index (χ4v) is 1.22. The van der Waals surface area contributed by atoms with Crippen LogP contribution in [0.5, 0.6) is 0 Å². The van der Waals surface area contributed by atoms with Gasteiger partial charge in [0, 0.05) is 13.1 Å². The third-order valence-corrected chi connectivity index (χ3v) is 2.04. The molecule has 1 saturated heterocycles. The van der Waals surface area contributed by atoms with Gasteiger partial charge in [-0.05, 0) is 19.8 Å². The van der Waals surface area contributed by atoms with Crippen LogP contribution in [0.1, 0.15) is 19.8 Å². The van der Waals surface area contributed by atoms with Gasteiger partial charge >= 0.3 is 6.03 Å². The summed E-state index contributed by atoms with van der Waals surface area (Å²) >= 11 is 0. The molecule has 5 heteroatoms. The highest BCUT2D eigenvalue weighted by molar-refractivity contribution is 5.96. The van der Waals surface area contributed by atoms with Crippen LogP contribution >= 0.6 is 0 Å². The fraction of sp³-hybridized carbons (Fsp3) is 0.750. The molecule has 0 aromatic carbocycles. The van der Waals surface area contributed by atoms with E-state index < -0.39 is 11.9 Å². The van der Waals surface area contributed by atoms with Crippen molar-refractivity contribution in [2.45, 2.75) is 25.8 Å². The molecule has 0 spiro atoms. The molecule has 0 unspecified atom stereocenters. The quantitative estimate of drug-likeness (QED) is 0.587. The lowest BCUT2D eigenvalue weighted by molar-refractivity contribution is -0.121. The SMILES string of the molecule is C[C@H](N)C(=O)NC(=O)N1CCCC1. The minimum Gasteiger partial charge on any atom is -0.324 e. The lowest BCUT2D eigenvalue weighted by Gasteiger charge is -2.15. The molecule has 3 amide bonds. The topological polar surface area (TPSA) is 75.4 Å². The highest BCUT2D eigenvalue weighted by Gasteiger charge is 2.20. The highest BCUT2D eigenvalue weighted by atomic mass is 16.2. The summed E-state index contributed by atoms with van der Waals surface area (Å²) in [6, 6.07) is -0.952. The summed E-state index contributed by atoms with van der Waals surface area (Å²) in [5, 5.41) is 2.24. The maximum absolute atomic E-state index is 11.3. The Morgan fingerprint density at radius 3 is 2.38 bits per heavy atom. The zero-order chi connectivity index (χ0) is 9.84. The van der Waals surface area contributed by atoms with Gasteiger partial charge in [-0.3, -0.25) is 10.1 Å². The van der Waals surface area contributed by atoms with Crippen LogP contribution < -0.4 is 11.1 Å². The minimum absolute atomic E-state index is 0.320. The smallest absolute Gasteiger partial charge is 0.324 e. The van der Waals surface area contributed by atoms with Gasteiger partial charge in [0.05, 0.1) is 6.04 Å². The molecule has 0 aromatic rings. The normalized spacial score (nSPS) is 18.5. The molecule has 1 aliphatic rings. The molecule has 1 rings (SSSR count). The summed E-state index contributed by atoms with van der Waals surface area (Å²) in [5.41, 5.74) is 5.30. The number of imide groups is 1. The Balaban J connectivity index is 2.36. The maximum atomic E-state index is 11.3. The Hall–Kier alpha value is -1.10. The molecule has 1 atom stereocenters. The van der Waals surface area contributed by atoms with Crippen molar-refractivity contribution in [2.75, 3.05) is 13.1 Å². The first-order valence-corrected chi connectivity index (χ1v) is 4.46. The molecule has 1 heterocycles. The second-order valence-corrected chi connectivity index (χ2v) is 3.28. The Kier molecular flexibility index (Phi) is 3.25. The molecule has 0 saturated carbocycles. The fourth-order valence-electron chi connectivity index (χ4n) is 1.22. The van der Waals surface area contributed by atoms with E-state index in [2.05, 4.69) is 5.32 Å². The number of hydrogen-bond acceptors (Lipinski definition) is 3. The van der Waals surface area contributed by atoms with E-state index in [4.69, 9.17) is 5.73 Å². The van der Waals surface area contributed by atoms with Crippen LogP contribution in [0.25, 0.3) is 0 Å². The summed E-state index contributed by atoms with van der Waals surface area (Å²) in [7, 11) is 0. The summed E-state index contributed by atoms with van der Waals surface area (Å²) < 4.78 is 0. The van der Waals surface area contributed by atoms with Crippen molar-refractivity contribution in [3.63, 3.8) is 0 Å². The number of nitrogens with one attached hydrogen (secondary N) is 1. The molecular formula is C8H15N3O2. The number of amides is 3. The number of rotatable bonds is 1. The first-order chi connectivity index (χ1) is 6.11. The van der Waals surface area contributed by atoms with Gasteiger partial charge in [-0.1, -0.05) is 0 Å². The van der Waals surface area contributed by atoms with E-state index in [0.29, 0.717) is 0 Å². The maximum Gasteiger partial charge on any atom is 0.324 e. The second-order valence-electron chi connectivity index (χ2n) is 3.28. The predicted molar refractivity (Wildman–Crippen MR) is 48.0 cm³/mol. The molecule has 0 aromatic heterocycles. The molecular weight excluding hydrogens is 170 g/mol. The zero-order valence-electron chi connectivity index (χ0n) is 7.75. The van der Waals surface area contributed by atoms with Crippen molar-refractivity contribution in [1.82, 2.24) is 10.2 Å². The molecule has 1 fully saturated rings. The van der Waals surface area contributed by atoms with Crippen molar-refractivity contribution >= 4 is 11.9 Å². The van der Waals surface area contributed by atoms with Gasteiger partial charge in [-0.25, -0.2) is 4.79 Å². The predicted octanol–water partition coefficient (Wildman–Crippen LogP) is -0.334. The molecule has 1 aliphatic heterocycles. The molecule has 0 aliphatic carbocycles. The van der Waals surface area contributed by atoms with E-state index in [0.717, 1.165) is 25.9 Å². The molecule has 5 nitrogen and oxygen atoms in total. The van der Waals surface area contributed by atoms with Crippen molar-refractivity contribution in [2.24, 2.45) is 5.73 Å². The second kappa shape index (κ2) is 4.23. The van der Waals surface area contributed by atoms with Crippen molar-refractivity contribution < 1.29 is 9.59 Å². The summed E-state index contributed by atoms with van der Waals surface area (Å²) in [5.74, 6) is -0.420. The molecule has 74 valence electrons. The van der Waals surface area contributed by atoms with Crippen LogP contribution in [0.2, 0.25) is 0 Å². The van der Waals surface area contributed by atoms with Crippen LogP contribution in [0, 0.1) is 0 Å². The monoisotopic (exact) mass is 185 g/mol. The van der Waals surface area contributed by atoms with E-state index in [9.17, 15) is 9.59 Å². The van der Waals surface area contributed by atoms with E-state index in [1.54, 1.807) is 11.8 Å². The van der Waals surface area contributed by atoms with Crippen LogP contribution in [0.4, 0.5) is 4.79 Å². The van der Waals surface area contributed by atoms with Gasteiger partial charge in [0.15, 0.2) is 0 Å². The van der Waals surface area contributed by atoms with Crippen LogP contribution in [-0.4, -0.2) is 36.0 Å². The highest BCUT2D eigenvalue weighted by Crippen LogP contribution is 2.06. The Labute approximate surface area is 77.3 Å². The first kappa shape index (κ1) is 9.98. The summed E-state index contributed by atoms with van der Waals surface area (Å²) in [4.78, 5) is 24.0. The Morgan fingerprint density at radius 1 is 1.38 bits per heavy atom. The van der Waals surface area contributed by atoms with Gasteiger partial charge in [0.1, 0.15) is 0 Å². The van der Waals surface area contributed by atoms with E-state index >= 15 is 0 Å². The van der Waals surface area contributed by atoms with E-state index in [1.807, 2.05) is 0 Å². The Morgan fingerprint density at radius 2 is 1.92 bits per heavy atom. The number of nitrogens with two attached hydrogens (primary N) is 1. The molecule has 0 radical (unpaired) electrons. The lowest BCUT2D eigenvalue weighted by Crippen LogP contribution is -2.47. The van der Waals surface area contributed by atoms with Crippen LogP contribution in [-0.2, 0) is 4.79 Å². The minimum atomic E-state index is -0.633. The average Bonchev–Trinajstić information content (AvgIpc) is 2.55. The van der Waals surface area contributed by atoms with Crippen LogP contribution in [0.3, 0.4) is 0 Å². The third kappa shape index (κ3) is 2.69.